The molecule has 1 saturated heterocycles. The lowest BCUT2D eigenvalue weighted by Gasteiger charge is -2.32. The van der Waals surface area contributed by atoms with Gasteiger partial charge in [-0.3, -0.25) is 24.4 Å². The summed E-state index contributed by atoms with van der Waals surface area (Å²) in [5.41, 5.74) is 11.0. The molecule has 9 rings (SSSR count). The zero-order valence-corrected chi connectivity index (χ0v) is 70.1. The molecule has 0 aliphatic carbocycles. The maximum atomic E-state index is 12.2. The van der Waals surface area contributed by atoms with Crippen molar-refractivity contribution in [1.82, 2.24) is 5.48 Å². The van der Waals surface area contributed by atoms with Crippen LogP contribution in [0.1, 0.15) is 180 Å². The van der Waals surface area contributed by atoms with Gasteiger partial charge in [-0.15, -0.1) is 6.58 Å². The third kappa shape index (κ3) is 23.7. The standard InChI is InChI=1S/C18H25NO5S.C18H23NO5S.C16H20BrNO5S.C16H22N2O5S.C8H15BO2/c2*1-5-13-7-9-14(10-8-13)16-11-15(24-19-16)12-18(3,25(4,21)22)17(20)23-6-2;1-4-22-15(19)16(2,24(3,20)21)10-13-9-14(18-23-13)11-5-7-12(17)8-6-11;1-4-11-5-7-12(8-6-11)14-9-13(23-18-14)10-16(2,15(19)17-20)24(3,21)22;1-6-9-10-7(2,3)8(4,5)11-9/h7-10,15H,5-6,11-12H2,1-4H3;5,7-10,15H,1,6,11-12H2,2-4H3;5-8,13H,4,9-10H2,1-3H3;5-8,13,20H,4,9-10H2,1-3H3,(H,17,19);6H,1H2,2-5H3/t2*15?,18-;2*13?,16-;/m1111./s1. The number of hydrogen-bond donors (Lipinski definition) is 2. The summed E-state index contributed by atoms with van der Waals surface area (Å²) in [4.78, 5) is 70.0. The molecule has 2 N–H and O–H groups in total. The number of esters is 3. The molecule has 4 unspecified atom stereocenters. The Balaban J connectivity index is 0.000000249. The van der Waals surface area contributed by atoms with Crippen LogP contribution in [0.5, 0.6) is 0 Å². The van der Waals surface area contributed by atoms with Crippen LogP contribution in [0.15, 0.2) is 141 Å². The molecule has 0 spiro atoms. The average Bonchev–Trinajstić information content (AvgIpc) is 1.79. The second-order valence-electron chi connectivity index (χ2n) is 28.6. The first-order chi connectivity index (χ1) is 50.7. The number of nitrogens with zero attached hydrogens (tertiary/aromatic N) is 4. The van der Waals surface area contributed by atoms with Crippen molar-refractivity contribution in [3.63, 3.8) is 0 Å². The zero-order chi connectivity index (χ0) is 81.9. The van der Waals surface area contributed by atoms with Gasteiger partial charge in [-0.25, -0.2) is 39.2 Å². The quantitative estimate of drug-likeness (QED) is 0.0184. The van der Waals surface area contributed by atoms with Gasteiger partial charge >= 0.3 is 25.0 Å². The van der Waals surface area contributed by atoms with E-state index in [2.05, 4.69) is 63.6 Å². The van der Waals surface area contributed by atoms with Crippen LogP contribution in [-0.2, 0) is 114 Å². The number of halogens is 1. The molecule has 33 heteroatoms. The largest absolute Gasteiger partial charge is 0.486 e. The number of hydroxylamine groups is 1. The third-order valence-corrected chi connectivity index (χ3v) is 28.3. The Morgan fingerprint density at radius 3 is 0.963 bits per heavy atom. The average molecular weight is 1660 g/mol. The van der Waals surface area contributed by atoms with Crippen LogP contribution >= 0.6 is 15.9 Å². The molecule has 5 aliphatic rings. The molecule has 4 aromatic carbocycles. The Hall–Kier alpha value is -7.66. The summed E-state index contributed by atoms with van der Waals surface area (Å²) in [6.45, 7) is 30.3. The minimum absolute atomic E-state index is 0.00467. The van der Waals surface area contributed by atoms with Crippen LogP contribution in [-0.4, -0.2) is 192 Å². The van der Waals surface area contributed by atoms with Gasteiger partial charge in [0.1, 0.15) is 24.4 Å². The van der Waals surface area contributed by atoms with Gasteiger partial charge in [0.05, 0.1) is 53.9 Å². The molecule has 0 saturated carbocycles. The van der Waals surface area contributed by atoms with E-state index in [1.54, 1.807) is 32.8 Å². The normalized spacial score (nSPS) is 20.5. The first-order valence-corrected chi connectivity index (χ1v) is 43.9. The first kappa shape index (κ1) is 92.0. The summed E-state index contributed by atoms with van der Waals surface area (Å²) in [6.07, 6.45) is 7.30. The minimum atomic E-state index is -3.76. The summed E-state index contributed by atoms with van der Waals surface area (Å²) in [6, 6.07) is 31.1. The van der Waals surface area contributed by atoms with Crippen LogP contribution in [0.3, 0.4) is 0 Å². The molecule has 109 heavy (non-hydrogen) atoms. The fourth-order valence-electron chi connectivity index (χ4n) is 11.4. The van der Waals surface area contributed by atoms with Gasteiger partial charge in [0, 0.05) is 80.9 Å². The van der Waals surface area contributed by atoms with Crippen molar-refractivity contribution in [2.45, 2.75) is 209 Å². The number of amides is 1. The summed E-state index contributed by atoms with van der Waals surface area (Å²) < 4.78 is 117. The number of benzene rings is 4. The predicted molar refractivity (Wildman–Crippen MR) is 424 cm³/mol. The number of carbonyl (C=O) groups is 4. The lowest BCUT2D eigenvalue weighted by atomic mass is 9.90. The van der Waals surface area contributed by atoms with E-state index in [1.165, 1.54) is 44.3 Å². The fraction of sp³-hybridized carbons (Fsp3) is 0.526. The van der Waals surface area contributed by atoms with Crippen molar-refractivity contribution >= 4 is 115 Å². The van der Waals surface area contributed by atoms with E-state index < -0.39 is 107 Å². The summed E-state index contributed by atoms with van der Waals surface area (Å²) in [5, 5.41) is 25.1. The van der Waals surface area contributed by atoms with E-state index in [4.69, 9.17) is 48.1 Å². The predicted octanol–water partition coefficient (Wildman–Crippen LogP) is 11.0. The number of nitrogens with one attached hydrogen (secondary N) is 1. The van der Waals surface area contributed by atoms with Gasteiger partial charge < -0.3 is 42.9 Å². The van der Waals surface area contributed by atoms with E-state index in [9.17, 15) is 52.8 Å². The minimum Gasteiger partial charge on any atom is -0.465 e. The van der Waals surface area contributed by atoms with Crippen LogP contribution in [0.2, 0.25) is 0 Å². The molecule has 0 aromatic heterocycles. The SMILES string of the molecule is C=CB1OC(C)(C)C(C)(C)O1.C=Cc1ccc(C2=NOC(C[C@](C)(C(=O)OCC)S(C)(=O)=O)C2)cc1.CCOC(=O)[C@@](C)(CC1CC(c2ccc(Br)cc2)=NO1)S(C)(=O)=O.CCOC(=O)[C@@](C)(CC1CC(c2ccc(CC)cc2)=NO1)S(C)(=O)=O.CCc1ccc(C2=NOC(C[C@](C)(C(=O)NO)S(C)(=O)=O)C2)cc1. The molecule has 600 valence electrons. The lowest BCUT2D eigenvalue weighted by Crippen LogP contribution is -2.51. The van der Waals surface area contributed by atoms with Gasteiger partial charge in [0.2, 0.25) is 0 Å². The van der Waals surface area contributed by atoms with Crippen molar-refractivity contribution < 1.29 is 101 Å². The maximum absolute atomic E-state index is 12.2. The Kier molecular flexibility index (Phi) is 32.5. The van der Waals surface area contributed by atoms with Crippen molar-refractivity contribution in [2.24, 2.45) is 20.6 Å². The molecule has 1 amide bonds. The van der Waals surface area contributed by atoms with Gasteiger partial charge in [-0.1, -0.05) is 154 Å². The Bertz CT molecular complexity index is 4450. The summed E-state index contributed by atoms with van der Waals surface area (Å²) in [5.74, 6) is -1.56. The van der Waals surface area contributed by atoms with Crippen molar-refractivity contribution in [3.8, 4) is 0 Å². The van der Waals surface area contributed by atoms with Gasteiger partial charge in [-0.05, 0) is 140 Å². The molecule has 4 aromatic rings. The first-order valence-electron chi connectivity index (χ1n) is 35.5. The molecule has 0 radical (unpaired) electrons. The maximum Gasteiger partial charge on any atom is 0.486 e. The van der Waals surface area contributed by atoms with Crippen LogP contribution < -0.4 is 5.48 Å². The Morgan fingerprint density at radius 1 is 0.486 bits per heavy atom. The second kappa shape index (κ2) is 38.5. The van der Waals surface area contributed by atoms with E-state index in [-0.39, 0.29) is 63.8 Å². The number of aryl methyl sites for hydroxylation is 2. The Morgan fingerprint density at radius 2 is 0.743 bits per heavy atom. The second-order valence-corrected chi connectivity index (χ2v) is 39.3. The number of hydrogen-bond acceptors (Lipinski definition) is 26. The van der Waals surface area contributed by atoms with Crippen LogP contribution in [0.4, 0.5) is 0 Å². The highest BCUT2D eigenvalue weighted by Crippen LogP contribution is 2.38. The highest BCUT2D eigenvalue weighted by Gasteiger charge is 2.53. The van der Waals surface area contributed by atoms with Gasteiger partial charge in [0.25, 0.3) is 5.91 Å². The number of ether oxygens (including phenoxy) is 3. The highest BCUT2D eigenvalue weighted by molar-refractivity contribution is 9.10. The molecule has 0 bridgehead atoms. The summed E-state index contributed by atoms with van der Waals surface area (Å²) >= 11 is 3.37. The van der Waals surface area contributed by atoms with E-state index in [0.717, 1.165) is 87.3 Å². The molecule has 8 atom stereocenters. The fourth-order valence-corrected chi connectivity index (χ4v) is 15.1. The van der Waals surface area contributed by atoms with Gasteiger partial charge in [-0.2, -0.15) is 0 Å². The van der Waals surface area contributed by atoms with Crippen molar-refractivity contribution in [3.05, 3.63) is 160 Å². The molecule has 5 aliphatic heterocycles. The molecule has 27 nitrogen and oxygen atoms in total. The summed E-state index contributed by atoms with van der Waals surface area (Å²) in [7, 11) is -15.0. The van der Waals surface area contributed by atoms with Crippen LogP contribution in [0, 0.1) is 0 Å². The van der Waals surface area contributed by atoms with Crippen molar-refractivity contribution in [2.75, 3.05) is 44.8 Å². The van der Waals surface area contributed by atoms with Gasteiger partial charge in [0.15, 0.2) is 58.3 Å². The number of rotatable bonds is 27. The smallest absolute Gasteiger partial charge is 0.465 e. The lowest BCUT2D eigenvalue weighted by molar-refractivity contribution is -0.147. The molecule has 1 fully saturated rings. The monoisotopic (exact) mass is 1660 g/mol. The highest BCUT2D eigenvalue weighted by atomic mass is 79.9. The zero-order valence-electron chi connectivity index (χ0n) is 65.2. The number of carbonyl (C=O) groups excluding carboxylic acids is 4. The van der Waals surface area contributed by atoms with E-state index in [0.29, 0.717) is 31.4 Å². The molecule has 5 heterocycles. The molecular formula is C76H105BBrN5O22S4. The van der Waals surface area contributed by atoms with E-state index in [1.807, 2.05) is 125 Å². The van der Waals surface area contributed by atoms with E-state index >= 15 is 0 Å². The van der Waals surface area contributed by atoms with Crippen LogP contribution in [0.25, 0.3) is 6.08 Å². The Labute approximate surface area is 651 Å². The number of sulfone groups is 4. The number of oxime groups is 4. The molecular weight excluding hydrogens is 1550 g/mol. The third-order valence-electron chi connectivity index (χ3n) is 19.9. The topological polar surface area (TPSA) is 370 Å². The van der Waals surface area contributed by atoms with Crippen molar-refractivity contribution in [1.29, 1.82) is 0 Å².